The van der Waals surface area contributed by atoms with Crippen LogP contribution in [0.5, 0.6) is 0 Å². The number of hydrogen-bond acceptors (Lipinski definition) is 6. The number of aromatic nitrogens is 3. The molecule has 0 bridgehead atoms. The number of hydrogen-bond donors (Lipinski definition) is 0. The van der Waals surface area contributed by atoms with E-state index in [0.717, 1.165) is 44.9 Å². The van der Waals surface area contributed by atoms with Gasteiger partial charge in [0.25, 0.3) is 0 Å². The molecule has 0 saturated carbocycles. The standard InChI is InChI=1S/C19H17N5O/c1-11-4-6-13-14-7-5-12(2)22-19(14)25-16(13)15(11)24-10-23(3)17-18(24)21-9-8-20-17/h4-9H,10H2,1-3H3. The summed E-state index contributed by atoms with van der Waals surface area (Å²) in [6.07, 6.45) is 3.45. The van der Waals surface area contributed by atoms with Gasteiger partial charge in [-0.25, -0.2) is 15.0 Å². The first-order valence-electron chi connectivity index (χ1n) is 8.22. The Morgan fingerprint density at radius 1 is 0.960 bits per heavy atom. The molecule has 6 nitrogen and oxygen atoms in total. The van der Waals surface area contributed by atoms with Crippen LogP contribution in [0.1, 0.15) is 11.3 Å². The SMILES string of the molecule is Cc1ccc2c(n1)oc1c(N3CN(C)c4nccnc43)c(C)ccc12. The Labute approximate surface area is 144 Å². The fourth-order valence-electron chi connectivity index (χ4n) is 3.54. The first kappa shape index (κ1) is 14.2. The topological polar surface area (TPSA) is 58.3 Å². The normalized spacial score (nSPS) is 13.9. The van der Waals surface area contributed by atoms with Crippen LogP contribution in [-0.2, 0) is 0 Å². The summed E-state index contributed by atoms with van der Waals surface area (Å²) in [5.74, 6) is 1.73. The molecular formula is C19H17N5O. The lowest BCUT2D eigenvalue weighted by atomic mass is 10.1. The first-order valence-corrected chi connectivity index (χ1v) is 8.22. The summed E-state index contributed by atoms with van der Waals surface area (Å²) in [4.78, 5) is 17.8. The molecule has 5 rings (SSSR count). The average Bonchev–Trinajstić information content (AvgIpc) is 3.12. The van der Waals surface area contributed by atoms with Crippen LogP contribution in [0, 0.1) is 13.8 Å². The smallest absolute Gasteiger partial charge is 0.227 e. The van der Waals surface area contributed by atoms with E-state index in [9.17, 15) is 0 Å². The Kier molecular flexibility index (Phi) is 2.80. The van der Waals surface area contributed by atoms with Gasteiger partial charge in [0, 0.05) is 35.9 Å². The Balaban J connectivity index is 1.82. The van der Waals surface area contributed by atoms with Gasteiger partial charge >= 0.3 is 0 Å². The summed E-state index contributed by atoms with van der Waals surface area (Å²) in [5.41, 5.74) is 4.63. The average molecular weight is 331 g/mol. The predicted molar refractivity (Wildman–Crippen MR) is 98.4 cm³/mol. The van der Waals surface area contributed by atoms with Crippen molar-refractivity contribution in [2.75, 3.05) is 23.5 Å². The van der Waals surface area contributed by atoms with Gasteiger partial charge in [0.1, 0.15) is 0 Å². The lowest BCUT2D eigenvalue weighted by Crippen LogP contribution is -2.25. The number of fused-ring (bicyclic) bond motifs is 4. The zero-order chi connectivity index (χ0) is 17.1. The maximum atomic E-state index is 6.19. The molecule has 0 radical (unpaired) electrons. The Hall–Kier alpha value is -3.15. The number of furan rings is 1. The molecule has 25 heavy (non-hydrogen) atoms. The van der Waals surface area contributed by atoms with E-state index in [4.69, 9.17) is 4.42 Å². The summed E-state index contributed by atoms with van der Waals surface area (Å²) in [6.45, 7) is 4.75. The minimum atomic E-state index is 0.675. The molecule has 1 aliphatic heterocycles. The lowest BCUT2D eigenvalue weighted by molar-refractivity contribution is 0.651. The van der Waals surface area contributed by atoms with Gasteiger partial charge in [0.2, 0.25) is 5.71 Å². The molecule has 0 spiro atoms. The van der Waals surface area contributed by atoms with Gasteiger partial charge < -0.3 is 14.2 Å². The van der Waals surface area contributed by atoms with Crippen molar-refractivity contribution in [2.45, 2.75) is 13.8 Å². The molecule has 6 heteroatoms. The molecule has 0 amide bonds. The second kappa shape index (κ2) is 4.92. The highest BCUT2D eigenvalue weighted by molar-refractivity contribution is 6.09. The quantitative estimate of drug-likeness (QED) is 0.527. The first-order chi connectivity index (χ1) is 12.1. The summed E-state index contributed by atoms with van der Waals surface area (Å²) >= 11 is 0. The van der Waals surface area contributed by atoms with E-state index < -0.39 is 0 Å². The predicted octanol–water partition coefficient (Wildman–Crippen LogP) is 3.93. The fourth-order valence-corrected chi connectivity index (χ4v) is 3.54. The van der Waals surface area contributed by atoms with E-state index >= 15 is 0 Å². The van der Waals surface area contributed by atoms with Gasteiger partial charge in [-0.3, -0.25) is 0 Å². The largest absolute Gasteiger partial charge is 0.435 e. The molecule has 0 aliphatic carbocycles. The van der Waals surface area contributed by atoms with Crippen LogP contribution in [-0.4, -0.2) is 28.7 Å². The van der Waals surface area contributed by atoms with Gasteiger partial charge in [-0.15, -0.1) is 0 Å². The molecule has 0 saturated heterocycles. The van der Waals surface area contributed by atoms with Crippen LogP contribution in [0.15, 0.2) is 41.1 Å². The highest BCUT2D eigenvalue weighted by Crippen LogP contribution is 2.43. The molecule has 4 heterocycles. The molecular weight excluding hydrogens is 314 g/mol. The van der Waals surface area contributed by atoms with E-state index in [0.29, 0.717) is 12.4 Å². The van der Waals surface area contributed by atoms with Crippen molar-refractivity contribution >= 4 is 39.4 Å². The zero-order valence-electron chi connectivity index (χ0n) is 14.3. The minimum absolute atomic E-state index is 0.675. The molecule has 0 unspecified atom stereocenters. The summed E-state index contributed by atoms with van der Waals surface area (Å²) in [7, 11) is 2.02. The zero-order valence-corrected chi connectivity index (χ0v) is 14.3. The van der Waals surface area contributed by atoms with Crippen molar-refractivity contribution in [3.63, 3.8) is 0 Å². The van der Waals surface area contributed by atoms with Crippen LogP contribution in [0.2, 0.25) is 0 Å². The maximum Gasteiger partial charge on any atom is 0.227 e. The van der Waals surface area contributed by atoms with Crippen molar-refractivity contribution in [2.24, 2.45) is 0 Å². The molecule has 124 valence electrons. The molecule has 3 aromatic heterocycles. The van der Waals surface area contributed by atoms with Crippen LogP contribution in [0.3, 0.4) is 0 Å². The number of anilines is 3. The van der Waals surface area contributed by atoms with Crippen molar-refractivity contribution in [1.29, 1.82) is 0 Å². The molecule has 0 fully saturated rings. The molecule has 0 atom stereocenters. The van der Waals surface area contributed by atoms with Crippen molar-refractivity contribution in [3.05, 3.63) is 47.9 Å². The third-order valence-corrected chi connectivity index (χ3v) is 4.72. The second-order valence-corrected chi connectivity index (χ2v) is 6.49. The number of rotatable bonds is 1. The maximum absolute atomic E-state index is 6.19. The Morgan fingerprint density at radius 3 is 2.56 bits per heavy atom. The monoisotopic (exact) mass is 331 g/mol. The number of nitrogens with zero attached hydrogens (tertiary/aromatic N) is 5. The van der Waals surface area contributed by atoms with Gasteiger partial charge in [-0.2, -0.15) is 0 Å². The molecule has 0 N–H and O–H groups in total. The van der Waals surface area contributed by atoms with E-state index in [1.807, 2.05) is 20.0 Å². The highest BCUT2D eigenvalue weighted by Gasteiger charge is 2.30. The minimum Gasteiger partial charge on any atom is -0.435 e. The van der Waals surface area contributed by atoms with Crippen LogP contribution in [0.25, 0.3) is 22.1 Å². The Bertz CT molecular complexity index is 1130. The fraction of sp³-hybridized carbons (Fsp3) is 0.211. The van der Waals surface area contributed by atoms with E-state index in [1.165, 1.54) is 0 Å². The van der Waals surface area contributed by atoms with E-state index in [1.54, 1.807) is 12.4 Å². The molecule has 1 aromatic carbocycles. The summed E-state index contributed by atoms with van der Waals surface area (Å²) in [6, 6.07) is 8.32. The van der Waals surface area contributed by atoms with Crippen LogP contribution >= 0.6 is 0 Å². The van der Waals surface area contributed by atoms with Crippen molar-refractivity contribution in [3.8, 4) is 0 Å². The van der Waals surface area contributed by atoms with Crippen molar-refractivity contribution < 1.29 is 4.42 Å². The third-order valence-electron chi connectivity index (χ3n) is 4.72. The van der Waals surface area contributed by atoms with Crippen molar-refractivity contribution in [1.82, 2.24) is 15.0 Å². The number of benzene rings is 1. The van der Waals surface area contributed by atoms with Crippen LogP contribution < -0.4 is 9.80 Å². The molecule has 1 aliphatic rings. The van der Waals surface area contributed by atoms with Gasteiger partial charge in [0.05, 0.1) is 12.4 Å². The van der Waals surface area contributed by atoms with E-state index in [-0.39, 0.29) is 0 Å². The second-order valence-electron chi connectivity index (χ2n) is 6.49. The van der Waals surface area contributed by atoms with Gasteiger partial charge in [-0.1, -0.05) is 12.1 Å². The molecule has 4 aromatic rings. The van der Waals surface area contributed by atoms with Crippen LogP contribution in [0.4, 0.5) is 17.3 Å². The summed E-state index contributed by atoms with van der Waals surface area (Å²) in [5, 5.41) is 2.11. The summed E-state index contributed by atoms with van der Waals surface area (Å²) < 4.78 is 6.19. The van der Waals surface area contributed by atoms with Gasteiger partial charge in [0.15, 0.2) is 17.2 Å². The highest BCUT2D eigenvalue weighted by atomic mass is 16.3. The lowest BCUT2D eigenvalue weighted by Gasteiger charge is -2.20. The van der Waals surface area contributed by atoms with Gasteiger partial charge in [-0.05, 0) is 31.5 Å². The Morgan fingerprint density at radius 2 is 1.72 bits per heavy atom. The van der Waals surface area contributed by atoms with E-state index in [2.05, 4.69) is 49.9 Å². The number of aryl methyl sites for hydroxylation is 2. The third kappa shape index (κ3) is 1.94. The number of pyridine rings is 1.